The molecule has 136 valence electrons. The van der Waals surface area contributed by atoms with Crippen LogP contribution in [0.5, 0.6) is 0 Å². The van der Waals surface area contributed by atoms with Gasteiger partial charge in [0, 0.05) is 17.5 Å². The average molecular weight is 383 g/mol. The largest absolute Gasteiger partial charge is 0.357 e. The fourth-order valence-corrected chi connectivity index (χ4v) is 3.27. The Labute approximate surface area is 146 Å². The van der Waals surface area contributed by atoms with Crippen molar-refractivity contribution in [1.29, 1.82) is 0 Å². The Bertz CT molecular complexity index is 1070. The van der Waals surface area contributed by atoms with Crippen LogP contribution in [0.3, 0.4) is 0 Å². The first kappa shape index (κ1) is 18.1. The number of benzene rings is 1. The molecule has 0 aliphatic heterocycles. The Balaban J connectivity index is 2.29. The monoisotopic (exact) mass is 383 g/mol. The summed E-state index contributed by atoms with van der Waals surface area (Å²) in [4.78, 5) is 2.82. The second-order valence-corrected chi connectivity index (χ2v) is 6.91. The van der Waals surface area contributed by atoms with Crippen molar-refractivity contribution in [2.75, 3.05) is 0 Å². The van der Waals surface area contributed by atoms with Gasteiger partial charge in [-0.15, -0.1) is 0 Å². The Morgan fingerprint density at radius 3 is 2.42 bits per heavy atom. The third-order valence-electron chi connectivity index (χ3n) is 3.72. The number of primary sulfonamides is 1. The van der Waals surface area contributed by atoms with Crippen LogP contribution in [0.2, 0.25) is 0 Å². The fraction of sp³-hybridized carbons (Fsp3) is 0.125. The Hall–Kier alpha value is -2.72. The summed E-state index contributed by atoms with van der Waals surface area (Å²) in [6.45, 7) is 0.593. The molecule has 0 saturated carbocycles. The minimum Gasteiger partial charge on any atom is -0.357 e. The number of alkyl halides is 1. The highest BCUT2D eigenvalue weighted by molar-refractivity contribution is 7.89. The van der Waals surface area contributed by atoms with Gasteiger partial charge in [-0.3, -0.25) is 4.98 Å². The van der Waals surface area contributed by atoms with Gasteiger partial charge < -0.3 is 4.52 Å². The van der Waals surface area contributed by atoms with Crippen LogP contribution < -0.4 is 5.14 Å². The summed E-state index contributed by atoms with van der Waals surface area (Å²) in [6.07, 6.45) is 1.54. The number of pyridine rings is 1. The number of nitrogens with zero attached hydrogens (tertiary/aromatic N) is 2. The van der Waals surface area contributed by atoms with Crippen LogP contribution in [0.4, 0.5) is 13.2 Å². The standard InChI is InChI=1S/C16H12F3N3O3S/c1-8-10(3-2-4-21-8)15-14(13(7-17)25-22-15)9-5-11(18)16(12(19)6-9)26(20,23)24/h2-6H,7H2,1H3,(H2,20,23,24). The van der Waals surface area contributed by atoms with E-state index < -0.39 is 33.2 Å². The molecule has 0 atom stereocenters. The highest BCUT2D eigenvalue weighted by atomic mass is 32.2. The Kier molecular flexibility index (Phi) is 4.55. The SMILES string of the molecule is Cc1ncccc1-c1noc(CF)c1-c1cc(F)c(S(N)(=O)=O)c(F)c1. The number of sulfonamides is 1. The van der Waals surface area contributed by atoms with Crippen molar-refractivity contribution in [1.82, 2.24) is 10.1 Å². The highest BCUT2D eigenvalue weighted by Gasteiger charge is 2.26. The quantitative estimate of drug-likeness (QED) is 0.746. The zero-order valence-corrected chi connectivity index (χ0v) is 14.1. The van der Waals surface area contributed by atoms with E-state index in [4.69, 9.17) is 9.66 Å². The smallest absolute Gasteiger partial charge is 0.243 e. The van der Waals surface area contributed by atoms with Crippen molar-refractivity contribution in [3.63, 3.8) is 0 Å². The van der Waals surface area contributed by atoms with Gasteiger partial charge in [0.05, 0.1) is 5.56 Å². The molecule has 0 aliphatic rings. The molecular formula is C16H12F3N3O3S. The number of nitrogens with two attached hydrogens (primary N) is 1. The first-order chi connectivity index (χ1) is 12.2. The zero-order chi connectivity index (χ0) is 19.1. The van der Waals surface area contributed by atoms with Gasteiger partial charge in [0.1, 0.15) is 17.3 Å². The summed E-state index contributed by atoms with van der Waals surface area (Å²) in [6, 6.07) is 4.73. The number of rotatable bonds is 4. The molecule has 0 saturated heterocycles. The summed E-state index contributed by atoms with van der Waals surface area (Å²) < 4.78 is 69.3. The maximum absolute atomic E-state index is 14.2. The highest BCUT2D eigenvalue weighted by Crippen LogP contribution is 2.37. The maximum atomic E-state index is 14.2. The van der Waals surface area contributed by atoms with Crippen LogP contribution in [0.15, 0.2) is 39.9 Å². The molecule has 1 aromatic carbocycles. The molecule has 0 fully saturated rings. The molecule has 2 N–H and O–H groups in total. The van der Waals surface area contributed by atoms with E-state index in [9.17, 15) is 21.6 Å². The lowest BCUT2D eigenvalue weighted by Gasteiger charge is -2.08. The van der Waals surface area contributed by atoms with Gasteiger partial charge in [0.25, 0.3) is 0 Å². The summed E-state index contributed by atoms with van der Waals surface area (Å²) in [5.41, 5.74) is 1.00. The van der Waals surface area contributed by atoms with Crippen molar-refractivity contribution < 1.29 is 26.1 Å². The lowest BCUT2D eigenvalue weighted by molar-refractivity contribution is 0.332. The number of halogens is 3. The molecule has 3 aromatic rings. The number of hydrogen-bond donors (Lipinski definition) is 1. The van der Waals surface area contributed by atoms with Gasteiger partial charge in [0.15, 0.2) is 17.3 Å². The van der Waals surface area contributed by atoms with Gasteiger partial charge in [0.2, 0.25) is 10.0 Å². The minimum atomic E-state index is -4.61. The van der Waals surface area contributed by atoms with Crippen LogP contribution in [0.1, 0.15) is 11.5 Å². The molecule has 10 heteroatoms. The number of hydrogen-bond acceptors (Lipinski definition) is 5. The molecule has 0 amide bonds. The summed E-state index contributed by atoms with van der Waals surface area (Å²) >= 11 is 0. The van der Waals surface area contributed by atoms with E-state index in [1.165, 1.54) is 6.20 Å². The van der Waals surface area contributed by atoms with E-state index in [0.717, 1.165) is 12.1 Å². The van der Waals surface area contributed by atoms with E-state index in [2.05, 4.69) is 10.1 Å². The van der Waals surface area contributed by atoms with Gasteiger partial charge in [-0.2, -0.15) is 0 Å². The Morgan fingerprint density at radius 2 is 1.88 bits per heavy atom. The van der Waals surface area contributed by atoms with Crippen LogP contribution in [0, 0.1) is 18.6 Å². The normalized spacial score (nSPS) is 11.7. The van der Waals surface area contributed by atoms with E-state index in [-0.39, 0.29) is 22.6 Å². The molecule has 0 aliphatic carbocycles. The molecule has 26 heavy (non-hydrogen) atoms. The Morgan fingerprint density at radius 1 is 1.23 bits per heavy atom. The van der Waals surface area contributed by atoms with Crippen molar-refractivity contribution >= 4 is 10.0 Å². The molecular weight excluding hydrogens is 371 g/mol. The van der Waals surface area contributed by atoms with E-state index >= 15 is 0 Å². The predicted molar refractivity (Wildman–Crippen MR) is 86.0 cm³/mol. The topological polar surface area (TPSA) is 99.1 Å². The van der Waals surface area contributed by atoms with Crippen molar-refractivity contribution in [2.24, 2.45) is 5.14 Å². The number of aromatic nitrogens is 2. The lowest BCUT2D eigenvalue weighted by atomic mass is 9.98. The van der Waals surface area contributed by atoms with Crippen molar-refractivity contribution in [2.45, 2.75) is 18.5 Å². The van der Waals surface area contributed by atoms with Crippen LogP contribution in [-0.4, -0.2) is 18.6 Å². The summed E-state index contributed by atoms with van der Waals surface area (Å²) in [5, 5.41) is 8.60. The van der Waals surface area contributed by atoms with Crippen LogP contribution in [-0.2, 0) is 16.7 Å². The molecule has 0 radical (unpaired) electrons. The summed E-state index contributed by atoms with van der Waals surface area (Å²) in [7, 11) is -4.61. The van der Waals surface area contributed by atoms with Gasteiger partial charge in [-0.05, 0) is 36.8 Å². The van der Waals surface area contributed by atoms with Crippen molar-refractivity contribution in [3.05, 3.63) is 53.6 Å². The van der Waals surface area contributed by atoms with Gasteiger partial charge in [-0.1, -0.05) is 5.16 Å². The minimum absolute atomic E-state index is 0.00219. The molecule has 0 unspecified atom stereocenters. The third kappa shape index (κ3) is 3.08. The second kappa shape index (κ2) is 6.54. The molecule has 6 nitrogen and oxygen atoms in total. The predicted octanol–water partition coefficient (Wildman–Crippen LogP) is 3.11. The molecule has 2 heterocycles. The maximum Gasteiger partial charge on any atom is 0.243 e. The fourth-order valence-electron chi connectivity index (χ4n) is 2.61. The molecule has 2 aromatic heterocycles. The van der Waals surface area contributed by atoms with Gasteiger partial charge in [-0.25, -0.2) is 26.7 Å². The van der Waals surface area contributed by atoms with E-state index in [1.54, 1.807) is 19.1 Å². The third-order valence-corrected chi connectivity index (χ3v) is 4.68. The van der Waals surface area contributed by atoms with Gasteiger partial charge >= 0.3 is 0 Å². The summed E-state index contributed by atoms with van der Waals surface area (Å²) in [5.74, 6) is -3.06. The van der Waals surface area contributed by atoms with E-state index in [0.29, 0.717) is 11.3 Å². The molecule has 0 bridgehead atoms. The van der Waals surface area contributed by atoms with Crippen LogP contribution >= 0.6 is 0 Å². The first-order valence-electron chi connectivity index (χ1n) is 7.22. The average Bonchev–Trinajstić information content (AvgIpc) is 2.97. The molecule has 3 rings (SSSR count). The lowest BCUT2D eigenvalue weighted by Crippen LogP contribution is -2.16. The first-order valence-corrected chi connectivity index (χ1v) is 8.77. The second-order valence-electron chi connectivity index (χ2n) is 5.41. The number of aryl methyl sites for hydroxylation is 1. The van der Waals surface area contributed by atoms with E-state index in [1.807, 2.05) is 0 Å². The molecule has 0 spiro atoms. The van der Waals surface area contributed by atoms with Crippen LogP contribution in [0.25, 0.3) is 22.4 Å². The zero-order valence-electron chi connectivity index (χ0n) is 13.3. The van der Waals surface area contributed by atoms with Crippen molar-refractivity contribution in [3.8, 4) is 22.4 Å².